The topological polar surface area (TPSA) is 88.3 Å². The average molecular weight is 253 g/mol. The van der Waals surface area contributed by atoms with Crippen LogP contribution in [0.15, 0.2) is 12.3 Å². The summed E-state index contributed by atoms with van der Waals surface area (Å²) in [6, 6.07) is 1.60. The molecular formula is C12H19N3O3. The van der Waals surface area contributed by atoms with Gasteiger partial charge in [0.05, 0.1) is 16.1 Å². The van der Waals surface area contributed by atoms with E-state index < -0.39 is 16.1 Å². The Bertz CT molecular complexity index is 464. The van der Waals surface area contributed by atoms with Gasteiger partial charge in [0.25, 0.3) is 5.69 Å². The lowest BCUT2D eigenvalue weighted by atomic mass is 9.86. The zero-order chi connectivity index (χ0) is 14.1. The molecule has 6 nitrogen and oxygen atoms in total. The van der Waals surface area contributed by atoms with Gasteiger partial charge in [-0.05, 0) is 40.7 Å². The number of hydrogen-bond acceptors (Lipinski definition) is 5. The van der Waals surface area contributed by atoms with E-state index in [0.717, 1.165) is 0 Å². The zero-order valence-corrected chi connectivity index (χ0v) is 11.3. The highest BCUT2D eigenvalue weighted by molar-refractivity contribution is 5.48. The molecule has 0 unspecified atom stereocenters. The summed E-state index contributed by atoms with van der Waals surface area (Å²) in [5.74, 6) is 0.505. The van der Waals surface area contributed by atoms with Gasteiger partial charge in [-0.2, -0.15) is 0 Å². The fourth-order valence-electron chi connectivity index (χ4n) is 1.28. The van der Waals surface area contributed by atoms with Crippen molar-refractivity contribution in [3.63, 3.8) is 0 Å². The lowest BCUT2D eigenvalue weighted by Gasteiger charge is -2.38. The smallest absolute Gasteiger partial charge is 0.290 e. The van der Waals surface area contributed by atoms with E-state index in [1.165, 1.54) is 6.20 Å². The van der Waals surface area contributed by atoms with Crippen molar-refractivity contribution in [2.45, 2.75) is 45.8 Å². The highest BCUT2D eigenvalue weighted by atomic mass is 16.6. The summed E-state index contributed by atoms with van der Waals surface area (Å²) in [5.41, 5.74) is -1.04. The standard InChI is InChI=1S/C12H19N3O3/c1-8-6-10(13-7-9(8)15(17)18)14-11(2,3)12(4,5)16/h6-7,16H,1-5H3,(H,13,14). The van der Waals surface area contributed by atoms with Crippen LogP contribution in [-0.2, 0) is 0 Å². The van der Waals surface area contributed by atoms with Crippen molar-refractivity contribution in [2.75, 3.05) is 5.32 Å². The first-order valence-electron chi connectivity index (χ1n) is 5.66. The Hall–Kier alpha value is -1.69. The van der Waals surface area contributed by atoms with E-state index in [2.05, 4.69) is 10.3 Å². The minimum atomic E-state index is -0.954. The second-order valence-corrected chi connectivity index (χ2v) is 5.42. The number of nitrogens with zero attached hydrogens (tertiary/aromatic N) is 2. The highest BCUT2D eigenvalue weighted by Gasteiger charge is 2.35. The van der Waals surface area contributed by atoms with Gasteiger partial charge in [-0.1, -0.05) is 0 Å². The Morgan fingerprint density at radius 2 is 1.94 bits per heavy atom. The number of aryl methyl sites for hydroxylation is 1. The van der Waals surface area contributed by atoms with Crippen LogP contribution in [0.25, 0.3) is 0 Å². The maximum absolute atomic E-state index is 10.7. The number of aliphatic hydroxyl groups is 1. The second kappa shape index (κ2) is 4.53. The molecule has 0 aliphatic rings. The normalized spacial score (nSPS) is 12.3. The molecule has 100 valence electrons. The fraction of sp³-hybridized carbons (Fsp3) is 0.583. The molecule has 0 fully saturated rings. The molecule has 18 heavy (non-hydrogen) atoms. The van der Waals surface area contributed by atoms with Crippen LogP contribution in [0.5, 0.6) is 0 Å². The number of nitrogens with one attached hydrogen (secondary N) is 1. The van der Waals surface area contributed by atoms with Gasteiger partial charge in [0, 0.05) is 5.56 Å². The van der Waals surface area contributed by atoms with Crippen molar-refractivity contribution < 1.29 is 10.0 Å². The molecule has 0 aromatic carbocycles. The fourth-order valence-corrected chi connectivity index (χ4v) is 1.28. The van der Waals surface area contributed by atoms with Gasteiger partial charge in [-0.3, -0.25) is 10.1 Å². The van der Waals surface area contributed by atoms with E-state index in [4.69, 9.17) is 0 Å². The van der Waals surface area contributed by atoms with Crippen LogP contribution in [0.3, 0.4) is 0 Å². The predicted octanol–water partition coefficient (Wildman–Crippen LogP) is 2.26. The zero-order valence-electron chi connectivity index (χ0n) is 11.3. The lowest BCUT2D eigenvalue weighted by Crippen LogP contribution is -2.51. The van der Waals surface area contributed by atoms with Gasteiger partial charge in [-0.25, -0.2) is 4.98 Å². The first-order valence-corrected chi connectivity index (χ1v) is 5.66. The third kappa shape index (κ3) is 2.95. The van der Waals surface area contributed by atoms with Crippen LogP contribution in [0.1, 0.15) is 33.3 Å². The number of rotatable bonds is 4. The van der Waals surface area contributed by atoms with Crippen LogP contribution >= 0.6 is 0 Å². The number of aromatic nitrogens is 1. The Balaban J connectivity index is 3.01. The van der Waals surface area contributed by atoms with Gasteiger partial charge in [-0.15, -0.1) is 0 Å². The molecule has 2 N–H and O–H groups in total. The highest BCUT2D eigenvalue weighted by Crippen LogP contribution is 2.26. The molecule has 0 saturated carbocycles. The summed E-state index contributed by atoms with van der Waals surface area (Å²) in [6.07, 6.45) is 1.22. The molecule has 0 radical (unpaired) electrons. The molecule has 6 heteroatoms. The average Bonchev–Trinajstić information content (AvgIpc) is 2.14. The number of pyridine rings is 1. The molecule has 0 atom stereocenters. The number of hydrogen-bond donors (Lipinski definition) is 2. The minimum Gasteiger partial charge on any atom is -0.388 e. The first kappa shape index (κ1) is 14.4. The monoisotopic (exact) mass is 253 g/mol. The summed E-state index contributed by atoms with van der Waals surface area (Å²) < 4.78 is 0. The third-order valence-corrected chi connectivity index (χ3v) is 3.25. The van der Waals surface area contributed by atoms with Crippen LogP contribution < -0.4 is 5.32 Å². The van der Waals surface area contributed by atoms with E-state index in [0.29, 0.717) is 11.4 Å². The van der Waals surface area contributed by atoms with Crippen LogP contribution in [-0.4, -0.2) is 26.2 Å². The Labute approximate surface area is 106 Å². The van der Waals surface area contributed by atoms with Crippen LogP contribution in [0.2, 0.25) is 0 Å². The van der Waals surface area contributed by atoms with Crippen molar-refractivity contribution in [2.24, 2.45) is 0 Å². The molecular weight excluding hydrogens is 234 g/mol. The minimum absolute atomic E-state index is 0.0124. The summed E-state index contributed by atoms with van der Waals surface area (Å²) in [6.45, 7) is 8.72. The summed E-state index contributed by atoms with van der Waals surface area (Å²) in [5, 5.41) is 23.8. The molecule has 0 aliphatic heterocycles. The maximum atomic E-state index is 10.7. The predicted molar refractivity (Wildman–Crippen MR) is 69.6 cm³/mol. The quantitative estimate of drug-likeness (QED) is 0.634. The summed E-state index contributed by atoms with van der Waals surface area (Å²) >= 11 is 0. The molecule has 1 rings (SSSR count). The Morgan fingerprint density at radius 1 is 1.39 bits per heavy atom. The van der Waals surface area contributed by atoms with Crippen LogP contribution in [0.4, 0.5) is 11.5 Å². The van der Waals surface area contributed by atoms with Crippen LogP contribution in [0, 0.1) is 17.0 Å². The van der Waals surface area contributed by atoms with Gasteiger partial charge in [0.15, 0.2) is 0 Å². The SMILES string of the molecule is Cc1cc(NC(C)(C)C(C)(C)O)ncc1[N+](=O)[O-]. The third-order valence-electron chi connectivity index (χ3n) is 3.25. The molecule has 1 heterocycles. The summed E-state index contributed by atoms with van der Waals surface area (Å²) in [7, 11) is 0. The van der Waals surface area contributed by atoms with Gasteiger partial charge in [0.1, 0.15) is 12.0 Å². The molecule has 0 bridgehead atoms. The molecule has 0 spiro atoms. The van der Waals surface area contributed by atoms with Gasteiger partial charge < -0.3 is 10.4 Å². The van der Waals surface area contributed by atoms with E-state index >= 15 is 0 Å². The maximum Gasteiger partial charge on any atom is 0.290 e. The van der Waals surface area contributed by atoms with E-state index in [1.807, 2.05) is 13.8 Å². The second-order valence-electron chi connectivity index (χ2n) is 5.42. The van der Waals surface area contributed by atoms with Crippen molar-refractivity contribution >= 4 is 11.5 Å². The number of anilines is 1. The van der Waals surface area contributed by atoms with Crippen molar-refractivity contribution in [1.82, 2.24) is 4.98 Å². The Morgan fingerprint density at radius 3 is 2.33 bits per heavy atom. The molecule has 0 amide bonds. The van der Waals surface area contributed by atoms with Crippen molar-refractivity contribution in [1.29, 1.82) is 0 Å². The molecule has 0 saturated heterocycles. The molecule has 1 aromatic rings. The largest absolute Gasteiger partial charge is 0.388 e. The van der Waals surface area contributed by atoms with E-state index in [1.54, 1.807) is 26.8 Å². The molecule has 1 aromatic heterocycles. The van der Waals surface area contributed by atoms with Crippen molar-refractivity contribution in [3.8, 4) is 0 Å². The lowest BCUT2D eigenvalue weighted by molar-refractivity contribution is -0.385. The number of nitro groups is 1. The van der Waals surface area contributed by atoms with Gasteiger partial charge in [0.2, 0.25) is 0 Å². The van der Waals surface area contributed by atoms with E-state index in [-0.39, 0.29) is 5.69 Å². The van der Waals surface area contributed by atoms with E-state index in [9.17, 15) is 15.2 Å². The first-order chi connectivity index (χ1) is 8.04. The molecule has 0 aliphatic carbocycles. The van der Waals surface area contributed by atoms with Gasteiger partial charge >= 0.3 is 0 Å². The van der Waals surface area contributed by atoms with Crippen molar-refractivity contribution in [3.05, 3.63) is 27.9 Å². The summed E-state index contributed by atoms with van der Waals surface area (Å²) in [4.78, 5) is 14.2. The Kier molecular flexibility index (Phi) is 3.62.